The second-order valence-electron chi connectivity index (χ2n) is 5.68. The van der Waals surface area contributed by atoms with Crippen molar-refractivity contribution < 1.29 is 13.2 Å². The van der Waals surface area contributed by atoms with Gasteiger partial charge in [-0.05, 0) is 24.0 Å². The maximum Gasteiger partial charge on any atom is 0.281 e. The minimum absolute atomic E-state index is 0.0611. The summed E-state index contributed by atoms with van der Waals surface area (Å²) in [6.07, 6.45) is 3.71. The molecule has 1 aromatic carbocycles. The monoisotopic (exact) mass is 350 g/mol. The lowest BCUT2D eigenvalue weighted by Gasteiger charge is -2.17. The second-order valence-corrected chi connectivity index (χ2v) is 7.63. The summed E-state index contributed by atoms with van der Waals surface area (Å²) in [6, 6.07) is 4.79. The largest absolute Gasteiger partial charge is 0.370 e. The average molecular weight is 350 g/mol. The maximum absolute atomic E-state index is 12.3. The third-order valence-corrected chi connectivity index (χ3v) is 4.83. The van der Waals surface area contributed by atoms with Gasteiger partial charge >= 0.3 is 0 Å². The molecule has 1 unspecified atom stereocenters. The number of amides is 1. The van der Waals surface area contributed by atoms with E-state index in [1.54, 1.807) is 6.07 Å². The van der Waals surface area contributed by atoms with Crippen molar-refractivity contribution in [1.82, 2.24) is 0 Å². The third kappa shape index (κ3) is 4.55. The van der Waals surface area contributed by atoms with Crippen LogP contribution in [-0.2, 0) is 9.84 Å². The highest BCUT2D eigenvalue weighted by Gasteiger charge is 2.26. The highest BCUT2D eigenvalue weighted by Crippen LogP contribution is 2.32. The first-order valence-electron chi connectivity index (χ1n) is 7.54. The van der Waals surface area contributed by atoms with Gasteiger partial charge in [0.1, 0.15) is 6.07 Å². The molecule has 8 heteroatoms. The van der Waals surface area contributed by atoms with E-state index in [-0.39, 0.29) is 21.9 Å². The van der Waals surface area contributed by atoms with Gasteiger partial charge in [-0.1, -0.05) is 32.8 Å². The molecule has 0 radical (unpaired) electrons. The number of nitriles is 1. The lowest BCUT2D eigenvalue weighted by Crippen LogP contribution is -2.24. The van der Waals surface area contributed by atoms with E-state index >= 15 is 0 Å². The van der Waals surface area contributed by atoms with E-state index in [0.717, 1.165) is 25.5 Å². The van der Waals surface area contributed by atoms with Gasteiger partial charge in [0.25, 0.3) is 5.91 Å². The predicted octanol–water partition coefficient (Wildman–Crippen LogP) is 1.67. The Morgan fingerprint density at radius 3 is 2.46 bits per heavy atom. The van der Waals surface area contributed by atoms with E-state index in [9.17, 15) is 18.5 Å². The van der Waals surface area contributed by atoms with Gasteiger partial charge in [-0.25, -0.2) is 8.42 Å². The van der Waals surface area contributed by atoms with E-state index in [2.05, 4.69) is 4.99 Å². The molecule has 0 spiro atoms. The molecule has 4 N–H and O–H groups in total. The summed E-state index contributed by atoms with van der Waals surface area (Å²) in [5, 5.41) is 9.45. The Balaban J connectivity index is 3.65. The molecule has 0 saturated heterocycles. The Morgan fingerprint density at radius 2 is 2.00 bits per heavy atom. The van der Waals surface area contributed by atoms with Crippen molar-refractivity contribution in [2.75, 3.05) is 6.26 Å². The van der Waals surface area contributed by atoms with E-state index < -0.39 is 21.7 Å². The molecule has 24 heavy (non-hydrogen) atoms. The van der Waals surface area contributed by atoms with E-state index in [1.165, 1.54) is 6.07 Å². The van der Waals surface area contributed by atoms with Crippen LogP contribution in [0.15, 0.2) is 22.0 Å². The van der Waals surface area contributed by atoms with Crippen LogP contribution in [0.2, 0.25) is 0 Å². The van der Waals surface area contributed by atoms with E-state index in [4.69, 9.17) is 11.5 Å². The van der Waals surface area contributed by atoms with Gasteiger partial charge in [0.2, 0.25) is 0 Å². The fourth-order valence-electron chi connectivity index (χ4n) is 2.52. The molecule has 7 nitrogen and oxygen atoms in total. The number of carbonyl (C=O) groups is 1. The SMILES string of the molecule is CCCCC(C)c1ccc(C(=O)N=C(N)N)c(C#N)c1S(C)(=O)=O. The summed E-state index contributed by atoms with van der Waals surface area (Å²) in [5.41, 5.74) is 10.6. The van der Waals surface area contributed by atoms with Crippen LogP contribution < -0.4 is 11.5 Å². The van der Waals surface area contributed by atoms with Crippen molar-refractivity contribution in [3.63, 3.8) is 0 Å². The molecule has 0 heterocycles. The lowest BCUT2D eigenvalue weighted by atomic mass is 9.92. The normalized spacial score (nSPS) is 12.2. The number of benzene rings is 1. The summed E-state index contributed by atoms with van der Waals surface area (Å²) in [4.78, 5) is 15.3. The second kappa shape index (κ2) is 7.93. The Bertz CT molecular complexity index is 803. The zero-order valence-corrected chi connectivity index (χ0v) is 14.9. The van der Waals surface area contributed by atoms with Gasteiger partial charge in [0.15, 0.2) is 15.8 Å². The summed E-state index contributed by atoms with van der Waals surface area (Å²) in [7, 11) is -3.72. The number of rotatable bonds is 6. The third-order valence-electron chi connectivity index (χ3n) is 3.65. The Morgan fingerprint density at radius 1 is 1.38 bits per heavy atom. The topological polar surface area (TPSA) is 139 Å². The summed E-state index contributed by atoms with van der Waals surface area (Å²) in [6.45, 7) is 3.94. The number of nitrogens with two attached hydrogens (primary N) is 2. The van der Waals surface area contributed by atoms with Crippen LogP contribution in [0.25, 0.3) is 0 Å². The number of hydrogen-bond acceptors (Lipinski definition) is 4. The quantitative estimate of drug-likeness (QED) is 0.591. The number of hydrogen-bond donors (Lipinski definition) is 2. The number of aliphatic imine (C=N–C) groups is 1. The number of sulfone groups is 1. The summed E-state index contributed by atoms with van der Waals surface area (Å²) in [5.74, 6) is -1.36. The first-order chi connectivity index (χ1) is 11.1. The minimum atomic E-state index is -3.72. The van der Waals surface area contributed by atoms with Gasteiger partial charge in [0, 0.05) is 6.26 Å². The van der Waals surface area contributed by atoms with Gasteiger partial charge in [0.05, 0.1) is 16.0 Å². The molecule has 0 aliphatic carbocycles. The van der Waals surface area contributed by atoms with Gasteiger partial charge in [-0.3, -0.25) is 4.79 Å². The van der Waals surface area contributed by atoms with Gasteiger partial charge < -0.3 is 11.5 Å². The summed E-state index contributed by atoms with van der Waals surface area (Å²) >= 11 is 0. The smallest absolute Gasteiger partial charge is 0.281 e. The summed E-state index contributed by atoms with van der Waals surface area (Å²) < 4.78 is 24.5. The van der Waals surface area contributed by atoms with E-state index in [0.29, 0.717) is 5.56 Å². The number of unbranched alkanes of at least 4 members (excludes halogenated alkanes) is 1. The first kappa shape index (κ1) is 19.6. The van der Waals surface area contributed by atoms with Crippen LogP contribution in [0.3, 0.4) is 0 Å². The van der Waals surface area contributed by atoms with Gasteiger partial charge in [-0.15, -0.1) is 0 Å². The minimum Gasteiger partial charge on any atom is -0.370 e. The van der Waals surface area contributed by atoms with Crippen molar-refractivity contribution >= 4 is 21.7 Å². The number of guanidine groups is 1. The van der Waals surface area contributed by atoms with Crippen molar-refractivity contribution in [1.29, 1.82) is 5.26 Å². The van der Waals surface area contributed by atoms with Gasteiger partial charge in [-0.2, -0.15) is 10.3 Å². The molecular formula is C16H22N4O3S. The molecule has 0 fully saturated rings. The molecule has 0 aliphatic rings. The van der Waals surface area contributed by atoms with Crippen molar-refractivity contribution in [2.24, 2.45) is 16.5 Å². The molecule has 0 aliphatic heterocycles. The zero-order valence-electron chi connectivity index (χ0n) is 14.0. The average Bonchev–Trinajstić information content (AvgIpc) is 2.49. The zero-order chi connectivity index (χ0) is 18.5. The predicted molar refractivity (Wildman–Crippen MR) is 92.3 cm³/mol. The molecule has 1 amide bonds. The van der Waals surface area contributed by atoms with Crippen molar-refractivity contribution in [3.05, 3.63) is 28.8 Å². The molecule has 130 valence electrons. The van der Waals surface area contributed by atoms with Crippen LogP contribution >= 0.6 is 0 Å². The Labute approximate surface area is 142 Å². The van der Waals surface area contributed by atoms with Crippen LogP contribution in [-0.4, -0.2) is 26.5 Å². The number of nitrogens with zero attached hydrogens (tertiary/aromatic N) is 2. The lowest BCUT2D eigenvalue weighted by molar-refractivity contribution is 0.100. The highest BCUT2D eigenvalue weighted by atomic mass is 32.2. The molecule has 1 rings (SSSR count). The molecule has 0 aromatic heterocycles. The fraction of sp³-hybridized carbons (Fsp3) is 0.438. The van der Waals surface area contributed by atoms with Crippen LogP contribution in [0.4, 0.5) is 0 Å². The standard InChI is InChI=1S/C16H22N4O3S/c1-4-5-6-10(2)11-7-8-12(15(21)20-16(18)19)13(9-17)14(11)24(3,22)23/h7-8,10H,4-6H2,1-3H3,(H4,18,19,20,21). The van der Waals surface area contributed by atoms with Crippen LogP contribution in [0.5, 0.6) is 0 Å². The molecule has 0 bridgehead atoms. The van der Waals surface area contributed by atoms with E-state index in [1.807, 2.05) is 19.9 Å². The van der Waals surface area contributed by atoms with Crippen molar-refractivity contribution in [3.8, 4) is 6.07 Å². The Hall–Kier alpha value is -2.40. The molecule has 1 atom stereocenters. The fourth-order valence-corrected chi connectivity index (χ4v) is 3.74. The van der Waals surface area contributed by atoms with Crippen LogP contribution in [0, 0.1) is 11.3 Å². The molecule has 0 saturated carbocycles. The molecular weight excluding hydrogens is 328 g/mol. The first-order valence-corrected chi connectivity index (χ1v) is 9.43. The van der Waals surface area contributed by atoms with Crippen LogP contribution in [0.1, 0.15) is 60.5 Å². The number of carbonyl (C=O) groups excluding carboxylic acids is 1. The Kier molecular flexibility index (Phi) is 6.49. The van der Waals surface area contributed by atoms with Crippen molar-refractivity contribution in [2.45, 2.75) is 43.9 Å². The molecule has 1 aromatic rings. The highest BCUT2D eigenvalue weighted by molar-refractivity contribution is 7.90. The maximum atomic E-state index is 12.3.